The van der Waals surface area contributed by atoms with Crippen molar-refractivity contribution < 1.29 is 9.47 Å². The maximum atomic E-state index is 5.57. The van der Waals surface area contributed by atoms with E-state index >= 15 is 0 Å². The highest BCUT2D eigenvalue weighted by molar-refractivity contribution is 5.19. The van der Waals surface area contributed by atoms with Crippen LogP contribution in [-0.2, 0) is 11.3 Å². The fourth-order valence-corrected chi connectivity index (χ4v) is 1.67. The molecule has 1 aliphatic rings. The number of pyridine rings is 1. The first-order valence-corrected chi connectivity index (χ1v) is 7.13. The largest absolute Gasteiger partial charge is 0.490 e. The number of hydrogen-bond donors (Lipinski definition) is 1. The first kappa shape index (κ1) is 14.3. The first-order chi connectivity index (χ1) is 9.24. The third kappa shape index (κ3) is 6.03. The lowest BCUT2D eigenvalue weighted by atomic mass is 10.2. The highest BCUT2D eigenvalue weighted by Gasteiger charge is 2.19. The summed E-state index contributed by atoms with van der Waals surface area (Å²) in [4.78, 5) is 4.38. The van der Waals surface area contributed by atoms with Gasteiger partial charge in [-0.15, -0.1) is 0 Å². The molecule has 0 aliphatic heterocycles. The number of rotatable bonds is 9. The minimum absolute atomic E-state index is 0.569. The Morgan fingerprint density at radius 1 is 1.32 bits per heavy atom. The van der Waals surface area contributed by atoms with Gasteiger partial charge in [0.15, 0.2) is 0 Å². The van der Waals surface area contributed by atoms with Gasteiger partial charge in [-0.1, -0.05) is 13.8 Å². The molecule has 1 aliphatic carbocycles. The van der Waals surface area contributed by atoms with Gasteiger partial charge in [-0.25, -0.2) is 0 Å². The van der Waals surface area contributed by atoms with Crippen LogP contribution in [0.2, 0.25) is 0 Å². The molecular weight excluding hydrogens is 240 g/mol. The van der Waals surface area contributed by atoms with Crippen LogP contribution in [0.1, 0.15) is 32.4 Å². The van der Waals surface area contributed by atoms with Gasteiger partial charge >= 0.3 is 0 Å². The van der Waals surface area contributed by atoms with Crippen LogP contribution >= 0.6 is 0 Å². The zero-order chi connectivity index (χ0) is 13.5. The van der Waals surface area contributed by atoms with E-state index in [0.29, 0.717) is 19.1 Å². The lowest BCUT2D eigenvalue weighted by Crippen LogP contribution is -2.16. The van der Waals surface area contributed by atoms with E-state index in [9.17, 15) is 0 Å². The van der Waals surface area contributed by atoms with E-state index in [1.807, 2.05) is 12.1 Å². The molecule has 1 aromatic rings. The zero-order valence-corrected chi connectivity index (χ0v) is 11.9. The highest BCUT2D eigenvalue weighted by atomic mass is 16.5. The molecule has 0 spiro atoms. The molecule has 4 heteroatoms. The Kier molecular flexibility index (Phi) is 5.61. The molecule has 19 heavy (non-hydrogen) atoms. The Balaban J connectivity index is 1.60. The molecule has 0 bridgehead atoms. The standard InChI is InChI=1S/C15H24N2O2/c1-12(2)11-18-7-8-19-15-6-5-14(17-10-15)9-16-13-3-4-13/h5-6,10,12-13,16H,3-4,7-9,11H2,1-2H3. The van der Waals surface area contributed by atoms with Crippen LogP contribution < -0.4 is 10.1 Å². The topological polar surface area (TPSA) is 43.4 Å². The SMILES string of the molecule is CC(C)COCCOc1ccc(CNC2CC2)nc1. The van der Waals surface area contributed by atoms with Crippen molar-refractivity contribution in [3.8, 4) is 5.75 Å². The summed E-state index contributed by atoms with van der Waals surface area (Å²) in [6, 6.07) is 4.70. The smallest absolute Gasteiger partial charge is 0.137 e. The average molecular weight is 264 g/mol. The summed E-state index contributed by atoms with van der Waals surface area (Å²) in [6.45, 7) is 7.12. The molecule has 0 amide bonds. The second kappa shape index (κ2) is 7.46. The zero-order valence-electron chi connectivity index (χ0n) is 11.9. The number of ether oxygens (including phenoxy) is 2. The van der Waals surface area contributed by atoms with Gasteiger partial charge in [0.05, 0.1) is 18.5 Å². The van der Waals surface area contributed by atoms with Crippen molar-refractivity contribution in [2.75, 3.05) is 19.8 Å². The summed E-state index contributed by atoms with van der Waals surface area (Å²) in [5, 5.41) is 3.44. The van der Waals surface area contributed by atoms with Crippen LogP contribution in [0.15, 0.2) is 18.3 Å². The van der Waals surface area contributed by atoms with E-state index in [0.717, 1.165) is 30.6 Å². The summed E-state index contributed by atoms with van der Waals surface area (Å²) in [6.07, 6.45) is 4.39. The van der Waals surface area contributed by atoms with Crippen LogP contribution in [-0.4, -0.2) is 30.8 Å². The summed E-state index contributed by atoms with van der Waals surface area (Å²) < 4.78 is 11.0. The van der Waals surface area contributed by atoms with Crippen LogP contribution in [0.5, 0.6) is 5.75 Å². The van der Waals surface area contributed by atoms with E-state index in [1.165, 1.54) is 12.8 Å². The van der Waals surface area contributed by atoms with Gasteiger partial charge in [0.2, 0.25) is 0 Å². The molecule has 1 fully saturated rings. The van der Waals surface area contributed by atoms with Crippen molar-refractivity contribution in [2.24, 2.45) is 5.92 Å². The Bertz CT molecular complexity index is 361. The summed E-state index contributed by atoms with van der Waals surface area (Å²) in [5.74, 6) is 1.38. The van der Waals surface area contributed by atoms with E-state index in [4.69, 9.17) is 9.47 Å². The number of aromatic nitrogens is 1. The average Bonchev–Trinajstić information content (AvgIpc) is 3.21. The van der Waals surface area contributed by atoms with Gasteiger partial charge < -0.3 is 14.8 Å². The molecule has 0 aromatic carbocycles. The lowest BCUT2D eigenvalue weighted by molar-refractivity contribution is 0.0818. The normalized spacial score (nSPS) is 14.9. The molecule has 0 saturated heterocycles. The Morgan fingerprint density at radius 2 is 2.16 bits per heavy atom. The Morgan fingerprint density at radius 3 is 2.79 bits per heavy atom. The molecule has 0 unspecified atom stereocenters. The second-order valence-corrected chi connectivity index (χ2v) is 5.46. The van der Waals surface area contributed by atoms with Gasteiger partial charge in [-0.05, 0) is 30.9 Å². The predicted molar refractivity (Wildman–Crippen MR) is 75.3 cm³/mol. The monoisotopic (exact) mass is 264 g/mol. The van der Waals surface area contributed by atoms with Crippen molar-refractivity contribution in [3.63, 3.8) is 0 Å². The molecule has 1 saturated carbocycles. The number of nitrogens with zero attached hydrogens (tertiary/aromatic N) is 1. The second-order valence-electron chi connectivity index (χ2n) is 5.46. The van der Waals surface area contributed by atoms with Crippen molar-refractivity contribution >= 4 is 0 Å². The quantitative estimate of drug-likeness (QED) is 0.695. The Labute approximate surface area is 115 Å². The molecule has 106 valence electrons. The van der Waals surface area contributed by atoms with Crippen molar-refractivity contribution in [3.05, 3.63) is 24.0 Å². The van der Waals surface area contributed by atoms with E-state index in [1.54, 1.807) is 6.20 Å². The molecule has 0 radical (unpaired) electrons. The minimum atomic E-state index is 0.569. The van der Waals surface area contributed by atoms with E-state index < -0.39 is 0 Å². The molecule has 1 N–H and O–H groups in total. The van der Waals surface area contributed by atoms with Gasteiger partial charge in [0, 0.05) is 19.2 Å². The molecular formula is C15H24N2O2. The maximum Gasteiger partial charge on any atom is 0.137 e. The molecule has 1 aromatic heterocycles. The lowest BCUT2D eigenvalue weighted by Gasteiger charge is -2.09. The van der Waals surface area contributed by atoms with Gasteiger partial charge in [0.25, 0.3) is 0 Å². The third-order valence-corrected chi connectivity index (χ3v) is 2.89. The fraction of sp³-hybridized carbons (Fsp3) is 0.667. The van der Waals surface area contributed by atoms with Crippen molar-refractivity contribution in [1.82, 2.24) is 10.3 Å². The van der Waals surface area contributed by atoms with Crippen LogP contribution in [0, 0.1) is 5.92 Å². The minimum Gasteiger partial charge on any atom is -0.490 e. The van der Waals surface area contributed by atoms with E-state index in [-0.39, 0.29) is 0 Å². The highest BCUT2D eigenvalue weighted by Crippen LogP contribution is 2.19. The number of nitrogens with one attached hydrogen (secondary N) is 1. The molecule has 2 rings (SSSR count). The van der Waals surface area contributed by atoms with Crippen LogP contribution in [0.4, 0.5) is 0 Å². The van der Waals surface area contributed by atoms with Crippen molar-refractivity contribution in [1.29, 1.82) is 0 Å². The van der Waals surface area contributed by atoms with Gasteiger partial charge in [-0.2, -0.15) is 0 Å². The predicted octanol–water partition coefficient (Wildman–Crippen LogP) is 2.39. The summed E-state index contributed by atoms with van der Waals surface area (Å²) in [5.41, 5.74) is 1.07. The number of hydrogen-bond acceptors (Lipinski definition) is 4. The van der Waals surface area contributed by atoms with Crippen molar-refractivity contribution in [2.45, 2.75) is 39.3 Å². The first-order valence-electron chi connectivity index (χ1n) is 7.13. The maximum absolute atomic E-state index is 5.57. The van der Waals surface area contributed by atoms with E-state index in [2.05, 4.69) is 24.1 Å². The molecule has 0 atom stereocenters. The van der Waals surface area contributed by atoms with Gasteiger partial charge in [-0.3, -0.25) is 4.98 Å². The summed E-state index contributed by atoms with van der Waals surface area (Å²) in [7, 11) is 0. The summed E-state index contributed by atoms with van der Waals surface area (Å²) >= 11 is 0. The molecule has 1 heterocycles. The van der Waals surface area contributed by atoms with Crippen LogP contribution in [0.25, 0.3) is 0 Å². The fourth-order valence-electron chi connectivity index (χ4n) is 1.67. The Hall–Kier alpha value is -1.13. The van der Waals surface area contributed by atoms with Gasteiger partial charge in [0.1, 0.15) is 12.4 Å². The molecule has 4 nitrogen and oxygen atoms in total. The third-order valence-electron chi connectivity index (χ3n) is 2.89. The van der Waals surface area contributed by atoms with Crippen LogP contribution in [0.3, 0.4) is 0 Å².